The lowest BCUT2D eigenvalue weighted by molar-refractivity contribution is 0.372. The Balaban J connectivity index is 2.24. The van der Waals surface area contributed by atoms with Crippen LogP contribution in [0.2, 0.25) is 0 Å². The van der Waals surface area contributed by atoms with Gasteiger partial charge in [0.2, 0.25) is 0 Å². The molecule has 1 saturated heterocycles. The maximum atomic E-state index is 13.5. The molecule has 1 aromatic rings. The van der Waals surface area contributed by atoms with Crippen LogP contribution in [-0.2, 0) is 6.42 Å². The maximum absolute atomic E-state index is 13.5. The molecule has 0 bridgehead atoms. The van der Waals surface area contributed by atoms with Gasteiger partial charge in [-0.05, 0) is 25.8 Å². The van der Waals surface area contributed by atoms with Crippen molar-refractivity contribution in [1.29, 1.82) is 0 Å². The standard InChI is InChI=1S/C12H14F3NO/c13-9-6-10(17)12(15)8(11(9)14)5-7-3-1-2-4-16-7/h6-7,16-17H,1-5H2. The fourth-order valence-corrected chi connectivity index (χ4v) is 2.17. The molecule has 0 saturated carbocycles. The molecule has 0 amide bonds. The number of benzene rings is 1. The number of rotatable bonds is 2. The third-order valence-corrected chi connectivity index (χ3v) is 3.09. The van der Waals surface area contributed by atoms with Crippen molar-refractivity contribution < 1.29 is 18.3 Å². The summed E-state index contributed by atoms with van der Waals surface area (Å²) in [4.78, 5) is 0. The minimum absolute atomic E-state index is 0.0585. The fraction of sp³-hybridized carbons (Fsp3) is 0.500. The minimum atomic E-state index is -1.21. The Morgan fingerprint density at radius 1 is 1.24 bits per heavy atom. The normalized spacial score (nSPS) is 20.5. The van der Waals surface area contributed by atoms with Gasteiger partial charge in [0.15, 0.2) is 23.2 Å². The SMILES string of the molecule is Oc1cc(F)c(F)c(CC2CCCCN2)c1F. The van der Waals surface area contributed by atoms with Crippen LogP contribution in [-0.4, -0.2) is 17.7 Å². The van der Waals surface area contributed by atoms with Crippen molar-refractivity contribution in [2.75, 3.05) is 6.54 Å². The van der Waals surface area contributed by atoms with Crippen LogP contribution in [0.25, 0.3) is 0 Å². The molecular weight excluding hydrogens is 231 g/mol. The van der Waals surface area contributed by atoms with Crippen molar-refractivity contribution in [2.45, 2.75) is 31.7 Å². The van der Waals surface area contributed by atoms with Gasteiger partial charge in [-0.25, -0.2) is 13.2 Å². The Morgan fingerprint density at radius 3 is 2.65 bits per heavy atom. The van der Waals surface area contributed by atoms with Crippen molar-refractivity contribution in [3.63, 3.8) is 0 Å². The molecule has 1 aromatic carbocycles. The summed E-state index contributed by atoms with van der Waals surface area (Å²) in [7, 11) is 0. The number of phenolic OH excluding ortho intramolecular Hbond substituents is 1. The van der Waals surface area contributed by atoms with Crippen molar-refractivity contribution >= 4 is 0 Å². The number of hydrogen-bond donors (Lipinski definition) is 2. The summed E-state index contributed by atoms with van der Waals surface area (Å²) in [5.74, 6) is -4.31. The van der Waals surface area contributed by atoms with Crippen LogP contribution in [0.1, 0.15) is 24.8 Å². The largest absolute Gasteiger partial charge is 0.505 e. The third kappa shape index (κ3) is 2.54. The first-order valence-electron chi connectivity index (χ1n) is 5.68. The van der Waals surface area contributed by atoms with E-state index in [0.29, 0.717) is 6.07 Å². The van der Waals surface area contributed by atoms with Gasteiger partial charge >= 0.3 is 0 Å². The topological polar surface area (TPSA) is 32.3 Å². The highest BCUT2D eigenvalue weighted by atomic mass is 19.2. The maximum Gasteiger partial charge on any atom is 0.171 e. The van der Waals surface area contributed by atoms with E-state index < -0.39 is 23.2 Å². The van der Waals surface area contributed by atoms with Crippen LogP contribution in [0.4, 0.5) is 13.2 Å². The molecule has 2 nitrogen and oxygen atoms in total. The average Bonchev–Trinajstić information content (AvgIpc) is 2.33. The van der Waals surface area contributed by atoms with Crippen LogP contribution < -0.4 is 5.32 Å². The summed E-state index contributed by atoms with van der Waals surface area (Å²) >= 11 is 0. The van der Waals surface area contributed by atoms with E-state index in [0.717, 1.165) is 25.8 Å². The molecule has 0 aromatic heterocycles. The van der Waals surface area contributed by atoms with Crippen molar-refractivity contribution in [1.82, 2.24) is 5.32 Å². The molecule has 5 heteroatoms. The predicted octanol–water partition coefficient (Wildman–Crippen LogP) is 2.49. The highest BCUT2D eigenvalue weighted by Gasteiger charge is 2.22. The van der Waals surface area contributed by atoms with Crippen LogP contribution in [0.15, 0.2) is 6.07 Å². The van der Waals surface area contributed by atoms with Gasteiger partial charge in [0, 0.05) is 17.7 Å². The van der Waals surface area contributed by atoms with Gasteiger partial charge in [-0.2, -0.15) is 0 Å². The fourth-order valence-electron chi connectivity index (χ4n) is 2.17. The van der Waals surface area contributed by atoms with E-state index in [1.807, 2.05) is 0 Å². The summed E-state index contributed by atoms with van der Waals surface area (Å²) in [6.07, 6.45) is 2.89. The lowest BCUT2D eigenvalue weighted by Gasteiger charge is -2.23. The second-order valence-electron chi connectivity index (χ2n) is 4.33. The smallest absolute Gasteiger partial charge is 0.171 e. The molecule has 0 aliphatic carbocycles. The molecule has 1 aliphatic rings. The zero-order valence-electron chi connectivity index (χ0n) is 9.27. The van der Waals surface area contributed by atoms with Crippen LogP contribution >= 0.6 is 0 Å². The molecule has 1 unspecified atom stereocenters. The number of aromatic hydroxyl groups is 1. The van der Waals surface area contributed by atoms with Crippen molar-refractivity contribution in [3.05, 3.63) is 29.1 Å². The second kappa shape index (κ2) is 4.96. The first-order chi connectivity index (χ1) is 8.09. The quantitative estimate of drug-likeness (QED) is 0.785. The van der Waals surface area contributed by atoms with Crippen LogP contribution in [0.5, 0.6) is 5.75 Å². The van der Waals surface area contributed by atoms with E-state index in [2.05, 4.69) is 5.32 Å². The lowest BCUT2D eigenvalue weighted by Crippen LogP contribution is -2.36. The Hall–Kier alpha value is -1.23. The Bertz CT molecular complexity index is 390. The van der Waals surface area contributed by atoms with Gasteiger partial charge in [0.1, 0.15) is 0 Å². The predicted molar refractivity (Wildman–Crippen MR) is 57.3 cm³/mol. The minimum Gasteiger partial charge on any atom is -0.505 e. The molecule has 1 heterocycles. The lowest BCUT2D eigenvalue weighted by atomic mass is 9.97. The molecule has 1 atom stereocenters. The van der Waals surface area contributed by atoms with Gasteiger partial charge in [-0.1, -0.05) is 6.42 Å². The molecule has 0 spiro atoms. The van der Waals surface area contributed by atoms with E-state index in [9.17, 15) is 13.2 Å². The van der Waals surface area contributed by atoms with E-state index in [4.69, 9.17) is 5.11 Å². The summed E-state index contributed by atoms with van der Waals surface area (Å²) in [5, 5.41) is 12.3. The molecule has 2 rings (SSSR count). The number of halogens is 3. The van der Waals surface area contributed by atoms with Crippen molar-refractivity contribution in [3.8, 4) is 5.75 Å². The van der Waals surface area contributed by atoms with E-state index in [-0.39, 0.29) is 18.0 Å². The monoisotopic (exact) mass is 245 g/mol. The molecule has 0 radical (unpaired) electrons. The van der Waals surface area contributed by atoms with E-state index >= 15 is 0 Å². The first kappa shape index (κ1) is 12.2. The summed E-state index contributed by atoms with van der Waals surface area (Å²) in [5.41, 5.74) is -0.373. The molecule has 94 valence electrons. The zero-order valence-corrected chi connectivity index (χ0v) is 9.27. The van der Waals surface area contributed by atoms with Gasteiger partial charge in [0.25, 0.3) is 0 Å². The second-order valence-corrected chi connectivity index (χ2v) is 4.33. The summed E-state index contributed by atoms with van der Waals surface area (Å²) < 4.78 is 40.0. The molecule has 17 heavy (non-hydrogen) atoms. The van der Waals surface area contributed by atoms with Gasteiger partial charge in [-0.15, -0.1) is 0 Å². The Kier molecular flexibility index (Phi) is 3.57. The van der Waals surface area contributed by atoms with E-state index in [1.54, 1.807) is 0 Å². The molecule has 1 fully saturated rings. The van der Waals surface area contributed by atoms with Crippen LogP contribution in [0, 0.1) is 17.5 Å². The summed E-state index contributed by atoms with van der Waals surface area (Å²) in [6, 6.07) is 0.400. The highest BCUT2D eigenvalue weighted by Crippen LogP contribution is 2.26. The zero-order chi connectivity index (χ0) is 12.4. The molecular formula is C12H14F3NO. The highest BCUT2D eigenvalue weighted by molar-refractivity contribution is 5.33. The van der Waals surface area contributed by atoms with Crippen LogP contribution in [0.3, 0.4) is 0 Å². The van der Waals surface area contributed by atoms with Crippen molar-refractivity contribution in [2.24, 2.45) is 0 Å². The van der Waals surface area contributed by atoms with Gasteiger partial charge in [-0.3, -0.25) is 0 Å². The average molecular weight is 245 g/mol. The van der Waals surface area contributed by atoms with E-state index in [1.165, 1.54) is 0 Å². The number of piperidine rings is 1. The first-order valence-corrected chi connectivity index (χ1v) is 5.68. The number of phenols is 1. The van der Waals surface area contributed by atoms with Gasteiger partial charge < -0.3 is 10.4 Å². The molecule has 1 aliphatic heterocycles. The third-order valence-electron chi connectivity index (χ3n) is 3.09. The Morgan fingerprint density at radius 2 is 2.00 bits per heavy atom. The Labute approximate surface area is 97.5 Å². The molecule has 2 N–H and O–H groups in total. The number of nitrogens with one attached hydrogen (secondary N) is 1. The summed E-state index contributed by atoms with van der Waals surface area (Å²) in [6.45, 7) is 0.801. The van der Waals surface area contributed by atoms with Gasteiger partial charge in [0.05, 0.1) is 0 Å². The number of hydrogen-bond acceptors (Lipinski definition) is 2.